The number of hydrogen-bond donors (Lipinski definition) is 0. The van der Waals surface area contributed by atoms with E-state index in [1.54, 1.807) is 18.4 Å². The van der Waals surface area contributed by atoms with Gasteiger partial charge in [0.25, 0.3) is 0 Å². The third kappa shape index (κ3) is 3.34. The molecular formula is C18H14N2OS2. The average molecular weight is 338 g/mol. The van der Waals surface area contributed by atoms with Gasteiger partial charge in [0.15, 0.2) is 0 Å². The summed E-state index contributed by atoms with van der Waals surface area (Å²) in [6, 6.07) is 12.1. The highest BCUT2D eigenvalue weighted by molar-refractivity contribution is 7.12. The maximum absolute atomic E-state index is 9.46. The number of methoxy groups -OCH3 is 1. The van der Waals surface area contributed by atoms with Crippen LogP contribution in [0.1, 0.15) is 15.4 Å². The zero-order chi connectivity index (χ0) is 16.2. The maximum atomic E-state index is 9.46. The Morgan fingerprint density at radius 1 is 1.30 bits per heavy atom. The van der Waals surface area contributed by atoms with Gasteiger partial charge in [-0.2, -0.15) is 5.26 Å². The van der Waals surface area contributed by atoms with Crippen molar-refractivity contribution < 1.29 is 4.74 Å². The lowest BCUT2D eigenvalue weighted by molar-refractivity contribution is 0.415. The molecule has 114 valence electrons. The van der Waals surface area contributed by atoms with Crippen LogP contribution in [0, 0.1) is 18.3 Å². The summed E-state index contributed by atoms with van der Waals surface area (Å²) < 4.78 is 5.25. The predicted octanol–water partition coefficient (Wildman–Crippen LogP) is 5.25. The second-order valence-corrected chi connectivity index (χ2v) is 6.71. The van der Waals surface area contributed by atoms with Crippen LogP contribution in [0.25, 0.3) is 22.9 Å². The number of ether oxygens (including phenoxy) is 1. The quantitative estimate of drug-likeness (QED) is 0.610. The van der Waals surface area contributed by atoms with Crippen LogP contribution < -0.4 is 4.74 Å². The van der Waals surface area contributed by atoms with Gasteiger partial charge in [0.2, 0.25) is 0 Å². The Labute approximate surface area is 143 Å². The highest BCUT2D eigenvalue weighted by Gasteiger charge is 2.10. The van der Waals surface area contributed by atoms with E-state index in [0.717, 1.165) is 26.9 Å². The number of thiophene rings is 1. The molecule has 1 aromatic carbocycles. The molecule has 0 bridgehead atoms. The number of rotatable bonds is 4. The number of aryl methyl sites for hydroxylation is 1. The van der Waals surface area contributed by atoms with Crippen LogP contribution in [0.5, 0.6) is 5.75 Å². The third-order valence-electron chi connectivity index (χ3n) is 3.40. The number of hydrogen-bond acceptors (Lipinski definition) is 5. The molecule has 2 aromatic heterocycles. The van der Waals surface area contributed by atoms with Gasteiger partial charge in [0, 0.05) is 15.8 Å². The summed E-state index contributed by atoms with van der Waals surface area (Å²) in [6.07, 6.45) is 1.91. The molecule has 0 aliphatic heterocycles. The van der Waals surface area contributed by atoms with Crippen LogP contribution in [0.15, 0.2) is 41.1 Å². The zero-order valence-corrected chi connectivity index (χ0v) is 14.4. The lowest BCUT2D eigenvalue weighted by atomic mass is 10.1. The second kappa shape index (κ2) is 6.78. The van der Waals surface area contributed by atoms with E-state index in [0.29, 0.717) is 5.57 Å². The van der Waals surface area contributed by atoms with Gasteiger partial charge < -0.3 is 4.74 Å². The van der Waals surface area contributed by atoms with Crippen molar-refractivity contribution in [1.82, 2.24) is 4.98 Å². The van der Waals surface area contributed by atoms with Crippen molar-refractivity contribution in [3.8, 4) is 23.1 Å². The van der Waals surface area contributed by atoms with Crippen molar-refractivity contribution in [3.63, 3.8) is 0 Å². The van der Waals surface area contributed by atoms with E-state index < -0.39 is 0 Å². The summed E-state index contributed by atoms with van der Waals surface area (Å²) in [4.78, 5) is 5.71. The molecule has 3 aromatic rings. The molecule has 0 amide bonds. The first kappa shape index (κ1) is 15.5. The summed E-state index contributed by atoms with van der Waals surface area (Å²) in [7, 11) is 1.64. The summed E-state index contributed by atoms with van der Waals surface area (Å²) in [6.45, 7) is 2.04. The summed E-state index contributed by atoms with van der Waals surface area (Å²) in [5.74, 6) is 0.794. The minimum absolute atomic E-state index is 0.592. The molecule has 0 aliphatic carbocycles. The largest absolute Gasteiger partial charge is 0.497 e. The number of benzene rings is 1. The van der Waals surface area contributed by atoms with E-state index in [2.05, 4.69) is 17.1 Å². The molecule has 0 saturated heterocycles. The van der Waals surface area contributed by atoms with Gasteiger partial charge in [0.05, 0.1) is 18.4 Å². The molecule has 3 rings (SSSR count). The van der Waals surface area contributed by atoms with E-state index in [1.807, 2.05) is 48.0 Å². The van der Waals surface area contributed by atoms with Gasteiger partial charge >= 0.3 is 0 Å². The summed E-state index contributed by atoms with van der Waals surface area (Å²) >= 11 is 3.11. The molecule has 0 saturated carbocycles. The first-order chi connectivity index (χ1) is 11.2. The van der Waals surface area contributed by atoms with E-state index in [9.17, 15) is 5.26 Å². The normalized spacial score (nSPS) is 11.3. The topological polar surface area (TPSA) is 45.9 Å². The van der Waals surface area contributed by atoms with E-state index in [1.165, 1.54) is 16.9 Å². The molecule has 3 nitrogen and oxygen atoms in total. The van der Waals surface area contributed by atoms with Crippen molar-refractivity contribution in [1.29, 1.82) is 5.26 Å². The number of nitriles is 1. The van der Waals surface area contributed by atoms with Crippen molar-refractivity contribution in [2.24, 2.45) is 0 Å². The zero-order valence-electron chi connectivity index (χ0n) is 12.7. The van der Waals surface area contributed by atoms with Crippen LogP contribution in [0.4, 0.5) is 0 Å². The van der Waals surface area contributed by atoms with Gasteiger partial charge in [-0.25, -0.2) is 4.98 Å². The van der Waals surface area contributed by atoms with Crippen molar-refractivity contribution >= 4 is 34.3 Å². The van der Waals surface area contributed by atoms with Crippen LogP contribution in [0.3, 0.4) is 0 Å². The predicted molar refractivity (Wildman–Crippen MR) is 96.6 cm³/mol. The van der Waals surface area contributed by atoms with E-state index in [4.69, 9.17) is 4.74 Å². The summed E-state index contributed by atoms with van der Waals surface area (Å²) in [5.41, 5.74) is 3.60. The van der Waals surface area contributed by atoms with E-state index >= 15 is 0 Å². The fourth-order valence-electron chi connectivity index (χ4n) is 2.12. The Morgan fingerprint density at radius 3 is 2.87 bits per heavy atom. The monoisotopic (exact) mass is 338 g/mol. The Bertz CT molecular complexity index is 900. The third-order valence-corrected chi connectivity index (χ3v) is 5.24. The second-order valence-electron chi connectivity index (χ2n) is 4.91. The lowest BCUT2D eigenvalue weighted by Gasteiger charge is -2.01. The molecular weight excluding hydrogens is 324 g/mol. The molecule has 0 N–H and O–H groups in total. The molecule has 0 unspecified atom stereocenters. The minimum atomic E-state index is 0.592. The van der Waals surface area contributed by atoms with Crippen molar-refractivity contribution in [3.05, 3.63) is 56.5 Å². The standard InChI is InChI=1S/C18H14N2OS2/c1-12-6-7-22-17(12)9-14(10-19)18-20-16(11-23-18)13-4-3-5-15(8-13)21-2/h3-9,11H,1-2H3/b14-9+. The van der Waals surface area contributed by atoms with Crippen molar-refractivity contribution in [2.75, 3.05) is 7.11 Å². The average Bonchev–Trinajstić information content (AvgIpc) is 3.22. The molecule has 0 radical (unpaired) electrons. The summed E-state index contributed by atoms with van der Waals surface area (Å²) in [5, 5.41) is 14.2. The van der Waals surface area contributed by atoms with Crippen molar-refractivity contribution in [2.45, 2.75) is 6.92 Å². The smallest absolute Gasteiger partial charge is 0.134 e. The Balaban J connectivity index is 1.96. The first-order valence-electron chi connectivity index (χ1n) is 6.97. The van der Waals surface area contributed by atoms with Crippen LogP contribution >= 0.6 is 22.7 Å². The van der Waals surface area contributed by atoms with E-state index in [-0.39, 0.29) is 0 Å². The number of thiazole rings is 1. The molecule has 2 heterocycles. The molecule has 0 fully saturated rings. The fourth-order valence-corrected chi connectivity index (χ4v) is 3.77. The Morgan fingerprint density at radius 2 is 2.17 bits per heavy atom. The highest BCUT2D eigenvalue weighted by atomic mass is 32.1. The van der Waals surface area contributed by atoms with Crippen LogP contribution in [-0.4, -0.2) is 12.1 Å². The van der Waals surface area contributed by atoms with Gasteiger partial charge in [-0.1, -0.05) is 12.1 Å². The number of aromatic nitrogens is 1. The molecule has 0 aliphatic rings. The maximum Gasteiger partial charge on any atom is 0.134 e. The van der Waals surface area contributed by atoms with Gasteiger partial charge in [-0.05, 0) is 42.1 Å². The highest BCUT2D eigenvalue weighted by Crippen LogP contribution is 2.30. The SMILES string of the molecule is COc1cccc(-c2csc(/C(C#N)=C/c3sccc3C)n2)c1. The van der Waals surface area contributed by atoms with Gasteiger partial charge in [-0.15, -0.1) is 22.7 Å². The lowest BCUT2D eigenvalue weighted by Crippen LogP contribution is -1.85. The molecule has 23 heavy (non-hydrogen) atoms. The Kier molecular flexibility index (Phi) is 4.56. The molecule has 5 heteroatoms. The van der Waals surface area contributed by atoms with Crippen LogP contribution in [-0.2, 0) is 0 Å². The van der Waals surface area contributed by atoms with Gasteiger partial charge in [0.1, 0.15) is 16.8 Å². The fraction of sp³-hybridized carbons (Fsp3) is 0.111. The minimum Gasteiger partial charge on any atom is -0.497 e. The number of nitrogens with zero attached hydrogens (tertiary/aromatic N) is 2. The Hall–Kier alpha value is -2.42. The van der Waals surface area contributed by atoms with Crippen LogP contribution in [0.2, 0.25) is 0 Å². The first-order valence-corrected chi connectivity index (χ1v) is 8.73. The molecule has 0 atom stereocenters. The number of allylic oxidation sites excluding steroid dienone is 1. The van der Waals surface area contributed by atoms with Gasteiger partial charge in [-0.3, -0.25) is 0 Å². The molecule has 0 spiro atoms.